The molecule has 0 amide bonds. The highest BCUT2D eigenvalue weighted by atomic mass is 16.3. The number of rotatable bonds is 1. The van der Waals surface area contributed by atoms with Gasteiger partial charge in [-0.3, -0.25) is 0 Å². The van der Waals surface area contributed by atoms with Gasteiger partial charge in [0, 0.05) is 6.61 Å². The van der Waals surface area contributed by atoms with E-state index in [0.717, 1.165) is 38.5 Å². The van der Waals surface area contributed by atoms with Crippen molar-refractivity contribution in [1.82, 2.24) is 0 Å². The van der Waals surface area contributed by atoms with Gasteiger partial charge in [-0.2, -0.15) is 0 Å². The van der Waals surface area contributed by atoms with Crippen molar-refractivity contribution in [1.29, 1.82) is 0 Å². The monoisotopic (exact) mass is 446 g/mol. The Bertz CT molecular complexity index is 745. The van der Waals surface area contributed by atoms with Crippen molar-refractivity contribution in [2.24, 2.45) is 56.7 Å². The zero-order valence-electron chi connectivity index (χ0n) is 21.7. The molecule has 32 heavy (non-hydrogen) atoms. The number of hydrogen-bond donors (Lipinski definition) is 3. The molecule has 0 saturated heterocycles. The number of aliphatic hydroxyl groups excluding tert-OH is 3. The second-order valence-corrected chi connectivity index (χ2v) is 15.1. The second-order valence-electron chi connectivity index (χ2n) is 15.1. The summed E-state index contributed by atoms with van der Waals surface area (Å²) in [6, 6.07) is 0. The Morgan fingerprint density at radius 3 is 2.09 bits per heavy atom. The van der Waals surface area contributed by atoms with Gasteiger partial charge in [0.2, 0.25) is 0 Å². The van der Waals surface area contributed by atoms with Gasteiger partial charge in [-0.1, -0.05) is 41.5 Å². The van der Waals surface area contributed by atoms with Crippen LogP contribution in [0.1, 0.15) is 106 Å². The molecule has 3 N–H and O–H groups in total. The van der Waals surface area contributed by atoms with Crippen LogP contribution in [0.2, 0.25) is 0 Å². The van der Waals surface area contributed by atoms with Crippen molar-refractivity contribution in [3.8, 4) is 0 Å². The predicted molar refractivity (Wildman–Crippen MR) is 129 cm³/mol. The van der Waals surface area contributed by atoms with E-state index >= 15 is 0 Å². The lowest BCUT2D eigenvalue weighted by molar-refractivity contribution is -0.247. The third kappa shape index (κ3) is 3.02. The van der Waals surface area contributed by atoms with Gasteiger partial charge in [0.25, 0.3) is 0 Å². The molecular weight excluding hydrogens is 396 g/mol. The maximum Gasteiger partial charge on any atom is 0.0594 e. The predicted octanol–water partition coefficient (Wildman–Crippen LogP) is 5.80. The Kier molecular flexibility index (Phi) is 5.31. The normalized spacial score (nSPS) is 56.3. The van der Waals surface area contributed by atoms with Crippen molar-refractivity contribution < 1.29 is 15.3 Å². The first kappa shape index (κ1) is 23.6. The van der Waals surface area contributed by atoms with Gasteiger partial charge in [0.05, 0.1) is 12.2 Å². The summed E-state index contributed by atoms with van der Waals surface area (Å²) in [6.45, 7) is 14.8. The van der Waals surface area contributed by atoms with E-state index in [0.29, 0.717) is 41.6 Å². The molecule has 5 rings (SSSR count). The van der Waals surface area contributed by atoms with E-state index in [4.69, 9.17) is 0 Å². The fraction of sp³-hybridized carbons (Fsp3) is 1.00. The highest BCUT2D eigenvalue weighted by Gasteiger charge is 2.68. The molecule has 5 aliphatic rings. The van der Waals surface area contributed by atoms with Crippen LogP contribution in [-0.2, 0) is 0 Å². The molecule has 0 radical (unpaired) electrons. The first-order valence-corrected chi connectivity index (χ1v) is 13.8. The molecule has 0 aromatic rings. The van der Waals surface area contributed by atoms with Crippen molar-refractivity contribution in [2.45, 2.75) is 118 Å². The molecule has 0 spiro atoms. The molecule has 0 unspecified atom stereocenters. The summed E-state index contributed by atoms with van der Waals surface area (Å²) in [5.74, 6) is 2.45. The molecule has 5 fully saturated rings. The lowest BCUT2D eigenvalue weighted by atomic mass is 9.35. The third-order valence-corrected chi connectivity index (χ3v) is 12.9. The van der Waals surface area contributed by atoms with Gasteiger partial charge in [0.1, 0.15) is 0 Å². The van der Waals surface area contributed by atoms with Crippen LogP contribution >= 0.6 is 0 Å². The van der Waals surface area contributed by atoms with Crippen molar-refractivity contribution >= 4 is 0 Å². The molecule has 0 bridgehead atoms. The molecule has 3 nitrogen and oxygen atoms in total. The standard InChI is InChI=1S/C29H50O3/c1-25(2)13-14-29(17-30)12-7-18-24(19(29)16-25)20(31)15-22-27(18,5)10-8-21-26(3,4)23(32)9-11-28(21,22)6/h18-24,30-32H,7-17H2,1-6H3/t18-,19+,20-,21+,22+,23+,24+,27+,28+,29+/m1/s1. The van der Waals surface area contributed by atoms with Gasteiger partial charge in [0.15, 0.2) is 0 Å². The smallest absolute Gasteiger partial charge is 0.0594 e. The Hall–Kier alpha value is -0.120. The molecule has 0 aromatic heterocycles. The molecule has 10 atom stereocenters. The first-order chi connectivity index (χ1) is 14.8. The van der Waals surface area contributed by atoms with E-state index < -0.39 is 0 Å². The Morgan fingerprint density at radius 1 is 0.719 bits per heavy atom. The van der Waals surface area contributed by atoms with E-state index in [2.05, 4.69) is 41.5 Å². The van der Waals surface area contributed by atoms with E-state index in [1.165, 1.54) is 25.7 Å². The summed E-state index contributed by atoms with van der Waals surface area (Å²) in [7, 11) is 0. The molecule has 5 aliphatic carbocycles. The Labute approximate surface area is 196 Å². The molecule has 3 heteroatoms. The maximum absolute atomic E-state index is 11.8. The van der Waals surface area contributed by atoms with E-state index in [1.807, 2.05) is 0 Å². The van der Waals surface area contributed by atoms with Gasteiger partial charge in [-0.25, -0.2) is 0 Å². The summed E-state index contributed by atoms with van der Waals surface area (Å²) in [6.07, 6.45) is 10.8. The molecule has 0 aliphatic heterocycles. The Morgan fingerprint density at radius 2 is 1.41 bits per heavy atom. The van der Waals surface area contributed by atoms with Crippen molar-refractivity contribution in [3.05, 3.63) is 0 Å². The summed E-state index contributed by atoms with van der Waals surface area (Å²) >= 11 is 0. The van der Waals surface area contributed by atoms with E-state index in [9.17, 15) is 15.3 Å². The van der Waals surface area contributed by atoms with E-state index in [-0.39, 0.29) is 33.9 Å². The number of hydrogen-bond acceptors (Lipinski definition) is 3. The molecule has 184 valence electrons. The molecular formula is C29H50O3. The molecule has 0 aromatic carbocycles. The summed E-state index contributed by atoms with van der Waals surface area (Å²) < 4.78 is 0. The van der Waals surface area contributed by atoms with Crippen molar-refractivity contribution in [2.75, 3.05) is 6.61 Å². The highest BCUT2D eigenvalue weighted by molar-refractivity contribution is 5.16. The fourth-order valence-electron chi connectivity index (χ4n) is 11.0. The summed E-state index contributed by atoms with van der Waals surface area (Å²) in [5, 5.41) is 33.3. The topological polar surface area (TPSA) is 60.7 Å². The quantitative estimate of drug-likeness (QED) is 0.477. The number of fused-ring (bicyclic) bond motifs is 7. The SMILES string of the molecule is CC1(C)CC[C@]2(CO)CC[C@@H]3[C@H]([C@H](O)C[C@H]4[C@@]3(C)CC[C@H]3C(C)(C)[C@@H](O)CC[C@]43C)[C@@H]2C1. The van der Waals surface area contributed by atoms with E-state index in [1.54, 1.807) is 0 Å². The van der Waals surface area contributed by atoms with Crippen LogP contribution < -0.4 is 0 Å². The summed E-state index contributed by atoms with van der Waals surface area (Å²) in [4.78, 5) is 0. The van der Waals surface area contributed by atoms with Crippen LogP contribution in [0.5, 0.6) is 0 Å². The maximum atomic E-state index is 11.8. The third-order valence-electron chi connectivity index (χ3n) is 12.9. The average Bonchev–Trinajstić information content (AvgIpc) is 2.72. The van der Waals surface area contributed by atoms with Gasteiger partial charge in [-0.05, 0) is 121 Å². The van der Waals surface area contributed by atoms with Crippen LogP contribution in [0.4, 0.5) is 0 Å². The summed E-state index contributed by atoms with van der Waals surface area (Å²) in [5.41, 5.74) is 0.798. The molecule has 5 saturated carbocycles. The van der Waals surface area contributed by atoms with Crippen molar-refractivity contribution in [3.63, 3.8) is 0 Å². The average molecular weight is 447 g/mol. The van der Waals surface area contributed by atoms with Gasteiger partial charge < -0.3 is 15.3 Å². The second kappa shape index (κ2) is 7.20. The van der Waals surface area contributed by atoms with Crippen LogP contribution in [-0.4, -0.2) is 34.1 Å². The minimum Gasteiger partial charge on any atom is -0.396 e. The van der Waals surface area contributed by atoms with Crippen LogP contribution in [0.3, 0.4) is 0 Å². The Balaban J connectivity index is 1.52. The minimum absolute atomic E-state index is 0.0396. The van der Waals surface area contributed by atoms with Gasteiger partial charge in [-0.15, -0.1) is 0 Å². The molecule has 0 heterocycles. The number of aliphatic hydroxyl groups is 3. The largest absolute Gasteiger partial charge is 0.396 e. The highest BCUT2D eigenvalue weighted by Crippen LogP contribution is 2.73. The minimum atomic E-state index is -0.242. The van der Waals surface area contributed by atoms with Crippen LogP contribution in [0.15, 0.2) is 0 Å². The van der Waals surface area contributed by atoms with Crippen LogP contribution in [0, 0.1) is 56.7 Å². The van der Waals surface area contributed by atoms with Crippen LogP contribution in [0.25, 0.3) is 0 Å². The lowest BCUT2D eigenvalue weighted by Gasteiger charge is -2.71. The zero-order valence-corrected chi connectivity index (χ0v) is 21.7. The fourth-order valence-corrected chi connectivity index (χ4v) is 11.0. The lowest BCUT2D eigenvalue weighted by Crippen LogP contribution is -2.66. The zero-order chi connectivity index (χ0) is 23.3. The van der Waals surface area contributed by atoms with Gasteiger partial charge >= 0.3 is 0 Å². The first-order valence-electron chi connectivity index (χ1n) is 13.8.